The zero-order valence-electron chi connectivity index (χ0n) is 14.2. The topological polar surface area (TPSA) is 92.5 Å². The van der Waals surface area contributed by atoms with E-state index < -0.39 is 10.0 Å². The molecule has 1 aliphatic rings. The van der Waals surface area contributed by atoms with Crippen molar-refractivity contribution < 1.29 is 13.2 Å². The van der Waals surface area contributed by atoms with Crippen LogP contribution in [0.1, 0.15) is 50.6 Å². The normalized spacial score (nSPS) is 18.4. The zero-order valence-corrected chi connectivity index (χ0v) is 15.0. The molecule has 1 heterocycles. The molecule has 1 saturated heterocycles. The van der Waals surface area contributed by atoms with E-state index in [4.69, 9.17) is 5.14 Å². The highest BCUT2D eigenvalue weighted by Crippen LogP contribution is 2.16. The van der Waals surface area contributed by atoms with E-state index >= 15 is 0 Å². The van der Waals surface area contributed by atoms with Crippen molar-refractivity contribution >= 4 is 15.9 Å². The Hall–Kier alpha value is -1.44. The first kappa shape index (κ1) is 18.9. The van der Waals surface area contributed by atoms with Crippen LogP contribution in [-0.2, 0) is 14.8 Å². The van der Waals surface area contributed by atoms with Gasteiger partial charge in [-0.2, -0.15) is 0 Å². The van der Waals surface area contributed by atoms with Crippen molar-refractivity contribution in [2.75, 3.05) is 19.6 Å². The van der Waals surface area contributed by atoms with Crippen LogP contribution in [0.25, 0.3) is 0 Å². The number of nitrogens with one attached hydrogen (secondary N) is 1. The lowest BCUT2D eigenvalue weighted by molar-refractivity contribution is -0.123. The predicted molar refractivity (Wildman–Crippen MR) is 93.9 cm³/mol. The second-order valence-electron chi connectivity index (χ2n) is 6.45. The molecule has 0 radical (unpaired) electrons. The molecule has 1 fully saturated rings. The van der Waals surface area contributed by atoms with Crippen molar-refractivity contribution in [2.45, 2.75) is 50.0 Å². The zero-order chi connectivity index (χ0) is 17.6. The van der Waals surface area contributed by atoms with Crippen LogP contribution in [0.2, 0.25) is 0 Å². The molecule has 1 aromatic rings. The van der Waals surface area contributed by atoms with E-state index in [0.29, 0.717) is 6.54 Å². The van der Waals surface area contributed by atoms with Gasteiger partial charge in [0.25, 0.3) is 0 Å². The van der Waals surface area contributed by atoms with Gasteiger partial charge in [-0.1, -0.05) is 31.4 Å². The number of primary sulfonamides is 1. The van der Waals surface area contributed by atoms with E-state index in [-0.39, 0.29) is 16.8 Å². The Morgan fingerprint density at radius 1 is 1.12 bits per heavy atom. The summed E-state index contributed by atoms with van der Waals surface area (Å²) in [4.78, 5) is 14.5. The standard InChI is InChI=1S/C17H27N3O3S/c1-14(15-7-9-16(10-8-15)24(18,22)23)19-17(21)13-20-11-5-3-2-4-6-12-20/h7-10,14H,2-6,11-13H2,1H3,(H,19,21)(H2,18,22,23)/t14-/m0/s1. The third-order valence-corrected chi connectivity index (χ3v) is 5.33. The number of likely N-dealkylation sites (tertiary alicyclic amines) is 1. The van der Waals surface area contributed by atoms with E-state index in [9.17, 15) is 13.2 Å². The molecule has 0 bridgehead atoms. The van der Waals surface area contributed by atoms with Crippen molar-refractivity contribution in [1.29, 1.82) is 0 Å². The Labute approximate surface area is 144 Å². The quantitative estimate of drug-likeness (QED) is 0.844. The lowest BCUT2D eigenvalue weighted by Crippen LogP contribution is -2.39. The summed E-state index contributed by atoms with van der Waals surface area (Å²) in [6.07, 6.45) is 6.08. The number of amides is 1. The summed E-state index contributed by atoms with van der Waals surface area (Å²) < 4.78 is 22.5. The van der Waals surface area contributed by atoms with Crippen molar-refractivity contribution in [2.24, 2.45) is 5.14 Å². The van der Waals surface area contributed by atoms with Crippen LogP contribution in [0, 0.1) is 0 Å². The van der Waals surface area contributed by atoms with E-state index in [1.54, 1.807) is 12.1 Å². The first-order valence-corrected chi connectivity index (χ1v) is 10.1. The van der Waals surface area contributed by atoms with Crippen molar-refractivity contribution in [1.82, 2.24) is 10.2 Å². The molecule has 0 spiro atoms. The highest BCUT2D eigenvalue weighted by Gasteiger charge is 2.15. The first-order chi connectivity index (χ1) is 11.4. The lowest BCUT2D eigenvalue weighted by Gasteiger charge is -2.24. The SMILES string of the molecule is C[C@H](NC(=O)CN1CCCCCCC1)c1ccc(S(N)(=O)=O)cc1. The summed E-state index contributed by atoms with van der Waals surface area (Å²) in [5.41, 5.74) is 0.850. The van der Waals surface area contributed by atoms with Crippen LogP contribution < -0.4 is 10.5 Å². The van der Waals surface area contributed by atoms with Gasteiger partial charge in [-0.25, -0.2) is 13.6 Å². The van der Waals surface area contributed by atoms with Gasteiger partial charge >= 0.3 is 0 Å². The number of hydrogen-bond donors (Lipinski definition) is 2. The summed E-state index contributed by atoms with van der Waals surface area (Å²) in [5.74, 6) is -0.00130. The van der Waals surface area contributed by atoms with E-state index in [1.165, 1.54) is 31.4 Å². The second kappa shape index (κ2) is 8.60. The smallest absolute Gasteiger partial charge is 0.238 e. The Morgan fingerprint density at radius 2 is 1.67 bits per heavy atom. The third-order valence-electron chi connectivity index (χ3n) is 4.40. The molecule has 24 heavy (non-hydrogen) atoms. The molecular weight excluding hydrogens is 326 g/mol. The van der Waals surface area contributed by atoms with E-state index in [2.05, 4.69) is 10.2 Å². The number of rotatable bonds is 5. The monoisotopic (exact) mass is 353 g/mol. The highest BCUT2D eigenvalue weighted by atomic mass is 32.2. The molecule has 3 N–H and O–H groups in total. The van der Waals surface area contributed by atoms with Crippen LogP contribution in [0.15, 0.2) is 29.2 Å². The largest absolute Gasteiger partial charge is 0.348 e. The molecule has 6 nitrogen and oxygen atoms in total. The minimum absolute atomic E-state index is 0.00130. The maximum atomic E-state index is 12.3. The maximum Gasteiger partial charge on any atom is 0.238 e. The van der Waals surface area contributed by atoms with E-state index in [0.717, 1.165) is 31.5 Å². The van der Waals surface area contributed by atoms with Gasteiger partial charge < -0.3 is 5.32 Å². The highest BCUT2D eigenvalue weighted by molar-refractivity contribution is 7.89. The molecule has 2 rings (SSSR count). The number of sulfonamides is 1. The summed E-state index contributed by atoms with van der Waals surface area (Å²) in [6.45, 7) is 4.26. The van der Waals surface area contributed by atoms with Gasteiger partial charge in [0, 0.05) is 0 Å². The molecule has 1 aliphatic heterocycles. The maximum absolute atomic E-state index is 12.3. The Balaban J connectivity index is 1.88. The predicted octanol–water partition coefficient (Wildman–Crippen LogP) is 1.78. The molecule has 1 atom stereocenters. The molecule has 0 saturated carbocycles. The van der Waals surface area contributed by atoms with Crippen LogP contribution in [-0.4, -0.2) is 38.9 Å². The molecule has 0 aromatic heterocycles. The Kier molecular flexibility index (Phi) is 6.77. The van der Waals surface area contributed by atoms with Gasteiger partial charge in [0.2, 0.25) is 15.9 Å². The molecule has 1 aromatic carbocycles. The molecule has 0 unspecified atom stereocenters. The summed E-state index contributed by atoms with van der Waals surface area (Å²) in [6, 6.07) is 6.11. The minimum Gasteiger partial charge on any atom is -0.348 e. The fourth-order valence-electron chi connectivity index (χ4n) is 2.99. The van der Waals surface area contributed by atoms with Crippen molar-refractivity contribution in [3.05, 3.63) is 29.8 Å². The van der Waals surface area contributed by atoms with Crippen molar-refractivity contribution in [3.8, 4) is 0 Å². The summed E-state index contributed by atoms with van der Waals surface area (Å²) in [7, 11) is -3.69. The Morgan fingerprint density at radius 3 is 2.21 bits per heavy atom. The molecule has 0 aliphatic carbocycles. The number of nitrogens with zero attached hydrogens (tertiary/aromatic N) is 1. The van der Waals surface area contributed by atoms with E-state index in [1.807, 2.05) is 6.92 Å². The van der Waals surface area contributed by atoms with Gasteiger partial charge in [0.05, 0.1) is 17.5 Å². The van der Waals surface area contributed by atoms with Gasteiger partial charge in [0.1, 0.15) is 0 Å². The number of nitrogens with two attached hydrogens (primary N) is 1. The van der Waals surface area contributed by atoms with Crippen LogP contribution >= 0.6 is 0 Å². The minimum atomic E-state index is -3.69. The fraction of sp³-hybridized carbons (Fsp3) is 0.588. The molecule has 1 amide bonds. The van der Waals surface area contributed by atoms with Gasteiger partial charge in [-0.15, -0.1) is 0 Å². The number of carbonyl (C=O) groups excluding carboxylic acids is 1. The molecule has 134 valence electrons. The summed E-state index contributed by atoms with van der Waals surface area (Å²) in [5, 5.41) is 8.07. The Bertz CT molecular complexity index is 636. The average Bonchev–Trinajstić information content (AvgIpc) is 2.49. The number of hydrogen-bond acceptors (Lipinski definition) is 4. The number of benzene rings is 1. The van der Waals surface area contributed by atoms with Gasteiger partial charge in [0.15, 0.2) is 0 Å². The first-order valence-electron chi connectivity index (χ1n) is 8.51. The van der Waals surface area contributed by atoms with Crippen molar-refractivity contribution in [3.63, 3.8) is 0 Å². The lowest BCUT2D eigenvalue weighted by atomic mass is 10.1. The number of carbonyl (C=O) groups is 1. The van der Waals surface area contributed by atoms with Crippen LogP contribution in [0.5, 0.6) is 0 Å². The third kappa shape index (κ3) is 5.89. The average molecular weight is 353 g/mol. The van der Waals surface area contributed by atoms with Crippen LogP contribution in [0.4, 0.5) is 0 Å². The second-order valence-corrected chi connectivity index (χ2v) is 8.01. The summed E-state index contributed by atoms with van der Waals surface area (Å²) >= 11 is 0. The van der Waals surface area contributed by atoms with Gasteiger partial charge in [-0.05, 0) is 50.6 Å². The van der Waals surface area contributed by atoms with Gasteiger partial charge in [-0.3, -0.25) is 9.69 Å². The van der Waals surface area contributed by atoms with Crippen LogP contribution in [0.3, 0.4) is 0 Å². The fourth-order valence-corrected chi connectivity index (χ4v) is 3.51. The molecular formula is C17H27N3O3S. The molecule has 7 heteroatoms.